The van der Waals surface area contributed by atoms with Gasteiger partial charge in [0.05, 0.1) is 12.7 Å². The molecule has 102 valence electrons. The maximum absolute atomic E-state index is 12.4. The third-order valence-electron chi connectivity index (χ3n) is 3.28. The van der Waals surface area contributed by atoms with Crippen molar-refractivity contribution >= 4 is 11.8 Å². The Morgan fingerprint density at radius 2 is 2.21 bits per heavy atom. The molecule has 19 heavy (non-hydrogen) atoms. The predicted molar refractivity (Wildman–Crippen MR) is 67.9 cm³/mol. The van der Waals surface area contributed by atoms with E-state index in [2.05, 4.69) is 0 Å². The van der Waals surface area contributed by atoms with Gasteiger partial charge >= 0.3 is 0 Å². The number of methoxy groups -OCH3 is 1. The number of rotatable bonds is 3. The zero-order valence-electron chi connectivity index (χ0n) is 10.6. The Morgan fingerprint density at radius 1 is 1.47 bits per heavy atom. The molecule has 1 aromatic carbocycles. The van der Waals surface area contributed by atoms with E-state index in [4.69, 9.17) is 10.5 Å². The molecular formula is C13H16N2O4. The molecule has 6 nitrogen and oxygen atoms in total. The summed E-state index contributed by atoms with van der Waals surface area (Å²) >= 11 is 0. The molecule has 0 spiro atoms. The first-order valence-corrected chi connectivity index (χ1v) is 6.02. The fraction of sp³-hybridized carbons (Fsp3) is 0.385. The van der Waals surface area contributed by atoms with Gasteiger partial charge in [0.1, 0.15) is 17.5 Å². The van der Waals surface area contributed by atoms with E-state index in [0.717, 1.165) is 6.42 Å². The van der Waals surface area contributed by atoms with Crippen LogP contribution in [0.2, 0.25) is 0 Å². The number of benzene rings is 1. The molecule has 1 aliphatic rings. The number of nitrogens with zero attached hydrogens (tertiary/aromatic N) is 1. The van der Waals surface area contributed by atoms with Crippen molar-refractivity contribution in [3.63, 3.8) is 0 Å². The van der Waals surface area contributed by atoms with Crippen LogP contribution in [0, 0.1) is 0 Å². The van der Waals surface area contributed by atoms with Crippen LogP contribution < -0.4 is 10.5 Å². The Kier molecular flexibility index (Phi) is 3.59. The van der Waals surface area contributed by atoms with Crippen LogP contribution in [0.5, 0.6) is 11.5 Å². The molecule has 1 heterocycles. The normalized spacial score (nSPS) is 18.4. The number of likely N-dealkylation sites (tertiary alicyclic amines) is 1. The third kappa shape index (κ3) is 2.47. The van der Waals surface area contributed by atoms with Gasteiger partial charge in [-0.15, -0.1) is 0 Å². The quantitative estimate of drug-likeness (QED) is 0.831. The largest absolute Gasteiger partial charge is 0.507 e. The maximum atomic E-state index is 12.4. The highest BCUT2D eigenvalue weighted by atomic mass is 16.5. The van der Waals surface area contributed by atoms with E-state index < -0.39 is 17.9 Å². The monoisotopic (exact) mass is 264 g/mol. The van der Waals surface area contributed by atoms with E-state index in [1.165, 1.54) is 24.1 Å². The predicted octanol–water partition coefficient (Wildman–Crippen LogP) is 0.491. The second-order valence-electron chi connectivity index (χ2n) is 4.44. The second kappa shape index (κ2) is 5.17. The van der Waals surface area contributed by atoms with Gasteiger partial charge in [0.25, 0.3) is 5.91 Å². The highest BCUT2D eigenvalue weighted by Gasteiger charge is 2.34. The number of carbonyl (C=O) groups excluding carboxylic acids is 2. The molecule has 1 fully saturated rings. The van der Waals surface area contributed by atoms with Crippen molar-refractivity contribution in [2.75, 3.05) is 13.7 Å². The summed E-state index contributed by atoms with van der Waals surface area (Å²) in [5.41, 5.74) is 5.40. The van der Waals surface area contributed by atoms with Crippen molar-refractivity contribution < 1.29 is 19.4 Å². The minimum Gasteiger partial charge on any atom is -0.507 e. The van der Waals surface area contributed by atoms with Gasteiger partial charge in [-0.2, -0.15) is 0 Å². The zero-order valence-corrected chi connectivity index (χ0v) is 10.6. The summed E-state index contributed by atoms with van der Waals surface area (Å²) in [7, 11) is 1.47. The summed E-state index contributed by atoms with van der Waals surface area (Å²) in [6.07, 6.45) is 1.29. The fourth-order valence-corrected chi connectivity index (χ4v) is 2.27. The number of phenolic OH excluding ortho intramolecular Hbond substituents is 1. The molecule has 0 aromatic heterocycles. The molecule has 3 N–H and O–H groups in total. The molecule has 1 atom stereocenters. The number of nitrogens with two attached hydrogens (primary N) is 1. The molecule has 0 saturated carbocycles. The van der Waals surface area contributed by atoms with Crippen molar-refractivity contribution in [1.82, 2.24) is 4.90 Å². The van der Waals surface area contributed by atoms with E-state index in [1.54, 1.807) is 6.07 Å². The van der Waals surface area contributed by atoms with Crippen LogP contribution in [0.1, 0.15) is 23.2 Å². The minimum atomic E-state index is -0.599. The molecule has 6 heteroatoms. The van der Waals surface area contributed by atoms with Crippen LogP contribution in [0.15, 0.2) is 18.2 Å². The van der Waals surface area contributed by atoms with Crippen molar-refractivity contribution in [3.05, 3.63) is 23.8 Å². The summed E-state index contributed by atoms with van der Waals surface area (Å²) in [6.45, 7) is 0.461. The van der Waals surface area contributed by atoms with Crippen LogP contribution in [0.4, 0.5) is 0 Å². The minimum absolute atomic E-state index is 0.118. The Labute approximate surface area is 110 Å². The molecule has 1 aliphatic heterocycles. The summed E-state index contributed by atoms with van der Waals surface area (Å²) in [6, 6.07) is 3.80. The Balaban J connectivity index is 2.31. The van der Waals surface area contributed by atoms with Gasteiger partial charge in [0, 0.05) is 6.54 Å². The van der Waals surface area contributed by atoms with Crippen molar-refractivity contribution in [3.8, 4) is 11.5 Å². The molecule has 0 radical (unpaired) electrons. The molecule has 0 bridgehead atoms. The number of hydrogen-bond acceptors (Lipinski definition) is 4. The van der Waals surface area contributed by atoms with E-state index in [-0.39, 0.29) is 11.3 Å². The fourth-order valence-electron chi connectivity index (χ4n) is 2.27. The molecule has 0 aliphatic carbocycles. The van der Waals surface area contributed by atoms with E-state index in [9.17, 15) is 14.7 Å². The summed E-state index contributed by atoms with van der Waals surface area (Å²) in [5.74, 6) is -0.595. The highest BCUT2D eigenvalue weighted by Crippen LogP contribution is 2.27. The second-order valence-corrected chi connectivity index (χ2v) is 4.44. The molecule has 1 unspecified atom stereocenters. The zero-order chi connectivity index (χ0) is 14.0. The van der Waals surface area contributed by atoms with Gasteiger partial charge in [-0.1, -0.05) is 0 Å². The smallest absolute Gasteiger partial charge is 0.258 e. The Bertz CT molecular complexity index is 515. The lowest BCUT2D eigenvalue weighted by molar-refractivity contribution is -0.121. The Hall–Kier alpha value is -2.24. The van der Waals surface area contributed by atoms with Crippen LogP contribution in [0.25, 0.3) is 0 Å². The number of hydrogen-bond donors (Lipinski definition) is 2. The summed E-state index contributed by atoms with van der Waals surface area (Å²) in [4.78, 5) is 25.0. The van der Waals surface area contributed by atoms with Gasteiger partial charge in [0.15, 0.2) is 0 Å². The number of primary amides is 1. The average Bonchev–Trinajstić information content (AvgIpc) is 2.88. The highest BCUT2D eigenvalue weighted by molar-refractivity contribution is 6.00. The Morgan fingerprint density at radius 3 is 2.84 bits per heavy atom. The van der Waals surface area contributed by atoms with Crippen LogP contribution in [-0.2, 0) is 4.79 Å². The summed E-state index contributed by atoms with van der Waals surface area (Å²) < 4.78 is 5.02. The van der Waals surface area contributed by atoms with E-state index in [0.29, 0.717) is 18.7 Å². The first-order chi connectivity index (χ1) is 9.04. The number of amides is 2. The first kappa shape index (κ1) is 13.2. The number of phenols is 1. The average molecular weight is 264 g/mol. The van der Waals surface area contributed by atoms with Crippen LogP contribution >= 0.6 is 0 Å². The third-order valence-corrected chi connectivity index (χ3v) is 3.28. The van der Waals surface area contributed by atoms with E-state index in [1.807, 2.05) is 0 Å². The number of ether oxygens (including phenoxy) is 1. The number of aromatic hydroxyl groups is 1. The van der Waals surface area contributed by atoms with Gasteiger partial charge < -0.3 is 20.5 Å². The van der Waals surface area contributed by atoms with Gasteiger partial charge in [-0.25, -0.2) is 0 Å². The lowest BCUT2D eigenvalue weighted by atomic mass is 10.1. The number of carbonyl (C=O) groups is 2. The maximum Gasteiger partial charge on any atom is 0.258 e. The van der Waals surface area contributed by atoms with Gasteiger partial charge in [0.2, 0.25) is 5.91 Å². The van der Waals surface area contributed by atoms with Crippen molar-refractivity contribution in [1.29, 1.82) is 0 Å². The van der Waals surface area contributed by atoms with Crippen molar-refractivity contribution in [2.24, 2.45) is 5.73 Å². The molecule has 2 amide bonds. The SMILES string of the molecule is COc1ccc(O)c(C(=O)N2CCCC2C(N)=O)c1. The molecule has 2 rings (SSSR count). The lowest BCUT2D eigenvalue weighted by Crippen LogP contribution is -2.43. The first-order valence-electron chi connectivity index (χ1n) is 6.02. The van der Waals surface area contributed by atoms with E-state index >= 15 is 0 Å². The van der Waals surface area contributed by atoms with Crippen LogP contribution in [0.3, 0.4) is 0 Å². The topological polar surface area (TPSA) is 92.9 Å². The van der Waals surface area contributed by atoms with Crippen LogP contribution in [-0.4, -0.2) is 41.5 Å². The molecule has 1 saturated heterocycles. The van der Waals surface area contributed by atoms with Gasteiger partial charge in [-0.05, 0) is 31.0 Å². The molecule has 1 aromatic rings. The standard InChI is InChI=1S/C13H16N2O4/c1-19-8-4-5-11(16)9(7-8)13(18)15-6-2-3-10(15)12(14)17/h4-5,7,10,16H,2-3,6H2,1H3,(H2,14,17). The summed E-state index contributed by atoms with van der Waals surface area (Å²) in [5, 5.41) is 9.77. The van der Waals surface area contributed by atoms with Gasteiger partial charge in [-0.3, -0.25) is 9.59 Å². The molecular weight excluding hydrogens is 248 g/mol. The van der Waals surface area contributed by atoms with Crippen molar-refractivity contribution in [2.45, 2.75) is 18.9 Å². The lowest BCUT2D eigenvalue weighted by Gasteiger charge is -2.22.